The zero-order chi connectivity index (χ0) is 17.0. The maximum Gasteiger partial charge on any atom is 0.354 e. The molecule has 0 bridgehead atoms. The van der Waals surface area contributed by atoms with Gasteiger partial charge < -0.3 is 19.2 Å². The molecule has 0 saturated carbocycles. The zero-order valence-electron chi connectivity index (χ0n) is 13.6. The first-order valence-electron chi connectivity index (χ1n) is 7.06. The molecule has 23 heavy (non-hydrogen) atoms. The molecule has 0 aliphatic carbocycles. The SMILES string of the molecule is COC(=O)c1[nH]c(C)c(C(=O)COc2ccccc2OC)c1C. The van der Waals surface area contributed by atoms with Gasteiger partial charge in [-0.1, -0.05) is 12.1 Å². The number of aromatic amines is 1. The quantitative estimate of drug-likeness (QED) is 0.654. The third-order valence-electron chi connectivity index (χ3n) is 3.53. The molecule has 0 radical (unpaired) electrons. The number of aryl methyl sites for hydroxylation is 1. The van der Waals surface area contributed by atoms with Gasteiger partial charge in [0.2, 0.25) is 5.78 Å². The Kier molecular flexibility index (Phi) is 5.05. The first-order valence-corrected chi connectivity index (χ1v) is 7.06. The Bertz CT molecular complexity index is 733. The summed E-state index contributed by atoms with van der Waals surface area (Å²) in [4.78, 5) is 27.0. The van der Waals surface area contributed by atoms with Crippen LogP contribution in [-0.4, -0.2) is 37.6 Å². The van der Waals surface area contributed by atoms with Crippen molar-refractivity contribution in [2.75, 3.05) is 20.8 Å². The molecule has 6 heteroatoms. The summed E-state index contributed by atoms with van der Waals surface area (Å²) in [5.41, 5.74) is 1.89. The average molecular weight is 317 g/mol. The second-order valence-electron chi connectivity index (χ2n) is 4.98. The summed E-state index contributed by atoms with van der Waals surface area (Å²) < 4.78 is 15.4. The number of nitrogens with one attached hydrogen (secondary N) is 1. The molecule has 0 unspecified atom stereocenters. The molecule has 1 aromatic carbocycles. The largest absolute Gasteiger partial charge is 0.493 e. The number of H-pyrrole nitrogens is 1. The Labute approximate surface area is 134 Å². The lowest BCUT2D eigenvalue weighted by Crippen LogP contribution is -2.14. The van der Waals surface area contributed by atoms with Crippen molar-refractivity contribution in [1.82, 2.24) is 4.98 Å². The van der Waals surface area contributed by atoms with Crippen LogP contribution in [0.3, 0.4) is 0 Å². The Morgan fingerprint density at radius 2 is 1.74 bits per heavy atom. The number of ketones is 1. The molecule has 0 aliphatic heterocycles. The Balaban J connectivity index is 2.18. The minimum absolute atomic E-state index is 0.152. The molecule has 0 fully saturated rings. The molecule has 1 heterocycles. The van der Waals surface area contributed by atoms with Crippen LogP contribution >= 0.6 is 0 Å². The standard InChI is InChI=1S/C17H19NO5/c1-10-15(11(2)18-16(10)17(20)22-4)12(19)9-23-14-8-6-5-7-13(14)21-3/h5-8,18H,9H2,1-4H3. The van der Waals surface area contributed by atoms with E-state index < -0.39 is 5.97 Å². The monoisotopic (exact) mass is 317 g/mol. The number of rotatable bonds is 6. The third-order valence-corrected chi connectivity index (χ3v) is 3.53. The molecule has 0 saturated heterocycles. The lowest BCUT2D eigenvalue weighted by molar-refractivity contribution is 0.0594. The van der Waals surface area contributed by atoms with Gasteiger partial charge in [0, 0.05) is 11.3 Å². The van der Waals surface area contributed by atoms with Crippen molar-refractivity contribution < 1.29 is 23.8 Å². The van der Waals surface area contributed by atoms with E-state index in [0.29, 0.717) is 28.3 Å². The smallest absolute Gasteiger partial charge is 0.354 e. The first kappa shape index (κ1) is 16.6. The molecule has 0 aliphatic rings. The van der Waals surface area contributed by atoms with Gasteiger partial charge in [0.25, 0.3) is 0 Å². The van der Waals surface area contributed by atoms with Gasteiger partial charge in [0.15, 0.2) is 18.1 Å². The highest BCUT2D eigenvalue weighted by Gasteiger charge is 2.22. The molecule has 0 atom stereocenters. The molecule has 1 N–H and O–H groups in total. The van der Waals surface area contributed by atoms with Crippen molar-refractivity contribution in [2.24, 2.45) is 0 Å². The lowest BCUT2D eigenvalue weighted by Gasteiger charge is -2.10. The summed E-state index contributed by atoms with van der Waals surface area (Å²) in [5, 5.41) is 0. The van der Waals surface area contributed by atoms with Crippen LogP contribution < -0.4 is 9.47 Å². The average Bonchev–Trinajstić information content (AvgIpc) is 2.86. The number of carbonyl (C=O) groups is 2. The fraction of sp³-hybridized carbons (Fsp3) is 0.294. The Morgan fingerprint density at radius 3 is 2.35 bits per heavy atom. The number of esters is 1. The minimum atomic E-state index is -0.504. The van der Waals surface area contributed by atoms with E-state index in [1.807, 2.05) is 6.07 Å². The molecule has 2 rings (SSSR count). The summed E-state index contributed by atoms with van der Waals surface area (Å²) in [6.45, 7) is 3.28. The maximum atomic E-state index is 12.4. The Hall–Kier alpha value is -2.76. The van der Waals surface area contributed by atoms with Crippen molar-refractivity contribution in [2.45, 2.75) is 13.8 Å². The molecule has 122 valence electrons. The zero-order valence-corrected chi connectivity index (χ0v) is 13.6. The van der Waals surface area contributed by atoms with Crippen molar-refractivity contribution >= 4 is 11.8 Å². The van der Waals surface area contributed by atoms with E-state index in [0.717, 1.165) is 0 Å². The van der Waals surface area contributed by atoms with Gasteiger partial charge in [-0.2, -0.15) is 0 Å². The summed E-state index contributed by atoms with van der Waals surface area (Å²) in [6.07, 6.45) is 0. The third kappa shape index (κ3) is 3.36. The topological polar surface area (TPSA) is 77.6 Å². The number of hydrogen-bond acceptors (Lipinski definition) is 5. The van der Waals surface area contributed by atoms with E-state index in [-0.39, 0.29) is 18.1 Å². The highest BCUT2D eigenvalue weighted by atomic mass is 16.5. The van der Waals surface area contributed by atoms with Crippen LogP contribution in [0.5, 0.6) is 11.5 Å². The van der Waals surface area contributed by atoms with Gasteiger partial charge in [0.1, 0.15) is 5.69 Å². The number of hydrogen-bond donors (Lipinski definition) is 1. The first-order chi connectivity index (χ1) is 11.0. The van der Waals surface area contributed by atoms with E-state index in [1.165, 1.54) is 14.2 Å². The van der Waals surface area contributed by atoms with Crippen LogP contribution in [0.2, 0.25) is 0 Å². The van der Waals surface area contributed by atoms with Crippen LogP contribution in [0, 0.1) is 13.8 Å². The molecule has 2 aromatic rings. The molecular weight excluding hydrogens is 298 g/mol. The van der Waals surface area contributed by atoms with E-state index >= 15 is 0 Å². The fourth-order valence-electron chi connectivity index (χ4n) is 2.43. The summed E-state index contributed by atoms with van der Waals surface area (Å²) in [6, 6.07) is 7.09. The molecular formula is C17H19NO5. The van der Waals surface area contributed by atoms with Crippen LogP contribution in [0.15, 0.2) is 24.3 Å². The highest BCUT2D eigenvalue weighted by molar-refractivity contribution is 6.03. The number of ether oxygens (including phenoxy) is 3. The van der Waals surface area contributed by atoms with Crippen LogP contribution in [0.25, 0.3) is 0 Å². The van der Waals surface area contributed by atoms with Crippen LogP contribution in [-0.2, 0) is 4.74 Å². The van der Waals surface area contributed by atoms with Crippen LogP contribution in [0.4, 0.5) is 0 Å². The number of para-hydroxylation sites is 2. The number of methoxy groups -OCH3 is 2. The van der Waals surface area contributed by atoms with Crippen molar-refractivity contribution in [3.8, 4) is 11.5 Å². The minimum Gasteiger partial charge on any atom is -0.493 e. The highest BCUT2D eigenvalue weighted by Crippen LogP contribution is 2.26. The fourth-order valence-corrected chi connectivity index (χ4v) is 2.43. The molecule has 6 nitrogen and oxygen atoms in total. The second kappa shape index (κ2) is 7.00. The van der Waals surface area contributed by atoms with Gasteiger partial charge in [-0.15, -0.1) is 0 Å². The number of Topliss-reactive ketones (excluding diaryl/α,β-unsaturated/α-hetero) is 1. The predicted octanol–water partition coefficient (Wildman–Crippen LogP) is 2.69. The Morgan fingerprint density at radius 1 is 1.09 bits per heavy atom. The van der Waals surface area contributed by atoms with E-state index in [9.17, 15) is 9.59 Å². The summed E-state index contributed by atoms with van der Waals surface area (Å²) >= 11 is 0. The lowest BCUT2D eigenvalue weighted by atomic mass is 10.1. The van der Waals surface area contributed by atoms with E-state index in [1.54, 1.807) is 32.0 Å². The number of aromatic nitrogens is 1. The predicted molar refractivity (Wildman–Crippen MR) is 84.4 cm³/mol. The van der Waals surface area contributed by atoms with Gasteiger partial charge in [-0.25, -0.2) is 4.79 Å². The van der Waals surface area contributed by atoms with E-state index in [4.69, 9.17) is 14.2 Å². The van der Waals surface area contributed by atoms with Crippen molar-refractivity contribution in [1.29, 1.82) is 0 Å². The molecule has 0 spiro atoms. The number of carbonyl (C=O) groups excluding carboxylic acids is 2. The summed E-state index contributed by atoms with van der Waals surface area (Å²) in [5.74, 6) is 0.313. The molecule has 1 aromatic heterocycles. The van der Waals surface area contributed by atoms with Crippen molar-refractivity contribution in [3.63, 3.8) is 0 Å². The van der Waals surface area contributed by atoms with Gasteiger partial charge >= 0.3 is 5.97 Å². The summed E-state index contributed by atoms with van der Waals surface area (Å²) in [7, 11) is 2.83. The van der Waals surface area contributed by atoms with Crippen molar-refractivity contribution in [3.05, 3.63) is 46.8 Å². The van der Waals surface area contributed by atoms with Crippen LogP contribution in [0.1, 0.15) is 32.1 Å². The molecule has 0 amide bonds. The normalized spacial score (nSPS) is 10.3. The second-order valence-corrected chi connectivity index (χ2v) is 4.98. The van der Waals surface area contributed by atoms with E-state index in [2.05, 4.69) is 4.98 Å². The van der Waals surface area contributed by atoms with Gasteiger partial charge in [0.05, 0.1) is 14.2 Å². The van der Waals surface area contributed by atoms with Gasteiger partial charge in [-0.05, 0) is 31.5 Å². The maximum absolute atomic E-state index is 12.4. The van der Waals surface area contributed by atoms with Gasteiger partial charge in [-0.3, -0.25) is 4.79 Å². The number of benzene rings is 1.